The van der Waals surface area contributed by atoms with Gasteiger partial charge >= 0.3 is 11.9 Å². The minimum Gasteiger partial charge on any atom is -0.485 e. The Balaban J connectivity index is 2.28. The molecule has 1 aliphatic rings. The third kappa shape index (κ3) is 2.59. The van der Waals surface area contributed by atoms with Crippen LogP contribution in [0.25, 0.3) is 0 Å². The van der Waals surface area contributed by atoms with Crippen molar-refractivity contribution in [3.05, 3.63) is 42.0 Å². The molecule has 1 aromatic rings. The highest BCUT2D eigenvalue weighted by molar-refractivity contribution is 5.84. The number of rotatable bonds is 3. The molecule has 0 saturated carbocycles. The molecule has 2 unspecified atom stereocenters. The van der Waals surface area contributed by atoms with Gasteiger partial charge in [0.15, 0.2) is 0 Å². The SMILES string of the molecule is COC(=O)C=CC1Oc2ccccc2C1C(=O)OC. The topological polar surface area (TPSA) is 61.8 Å². The Morgan fingerprint density at radius 3 is 2.63 bits per heavy atom. The van der Waals surface area contributed by atoms with Crippen LogP contribution in [0, 0.1) is 0 Å². The van der Waals surface area contributed by atoms with Gasteiger partial charge < -0.3 is 14.2 Å². The van der Waals surface area contributed by atoms with Crippen molar-refractivity contribution < 1.29 is 23.8 Å². The van der Waals surface area contributed by atoms with Crippen LogP contribution in [0.3, 0.4) is 0 Å². The van der Waals surface area contributed by atoms with Gasteiger partial charge in [0, 0.05) is 11.6 Å². The van der Waals surface area contributed by atoms with E-state index in [0.29, 0.717) is 5.75 Å². The van der Waals surface area contributed by atoms with Gasteiger partial charge in [-0.1, -0.05) is 18.2 Å². The van der Waals surface area contributed by atoms with E-state index in [0.717, 1.165) is 5.56 Å². The smallest absolute Gasteiger partial charge is 0.330 e. The standard InChI is InChI=1S/C14H14O5/c1-17-12(15)8-7-11-13(14(16)18-2)9-5-3-4-6-10(9)19-11/h3-8,11,13H,1-2H3. The number of hydrogen-bond donors (Lipinski definition) is 0. The molecule has 0 amide bonds. The lowest BCUT2D eigenvalue weighted by Crippen LogP contribution is -2.25. The summed E-state index contributed by atoms with van der Waals surface area (Å²) in [5, 5.41) is 0. The maximum atomic E-state index is 11.8. The summed E-state index contributed by atoms with van der Waals surface area (Å²) < 4.78 is 14.9. The Hall–Kier alpha value is -2.30. The molecule has 5 heteroatoms. The molecule has 0 N–H and O–H groups in total. The van der Waals surface area contributed by atoms with Crippen LogP contribution < -0.4 is 4.74 Å². The van der Waals surface area contributed by atoms with Crippen LogP contribution in [0.2, 0.25) is 0 Å². The first-order valence-electron chi connectivity index (χ1n) is 5.77. The number of carbonyl (C=O) groups excluding carboxylic acids is 2. The van der Waals surface area contributed by atoms with Gasteiger partial charge in [0.1, 0.15) is 17.8 Å². The first-order chi connectivity index (χ1) is 9.17. The van der Waals surface area contributed by atoms with Gasteiger partial charge in [-0.25, -0.2) is 4.79 Å². The van der Waals surface area contributed by atoms with Gasteiger partial charge in [-0.15, -0.1) is 0 Å². The van der Waals surface area contributed by atoms with Crippen LogP contribution in [0.5, 0.6) is 5.75 Å². The third-order valence-corrected chi connectivity index (χ3v) is 2.92. The molecule has 2 rings (SSSR count). The van der Waals surface area contributed by atoms with E-state index < -0.39 is 24.0 Å². The summed E-state index contributed by atoms with van der Waals surface area (Å²) in [4.78, 5) is 23.0. The summed E-state index contributed by atoms with van der Waals surface area (Å²) in [5.41, 5.74) is 0.758. The number of methoxy groups -OCH3 is 2. The van der Waals surface area contributed by atoms with Gasteiger partial charge in [-0.05, 0) is 12.1 Å². The number of carbonyl (C=O) groups is 2. The Kier molecular flexibility index (Phi) is 3.85. The Morgan fingerprint density at radius 2 is 1.95 bits per heavy atom. The molecule has 0 aliphatic carbocycles. The van der Waals surface area contributed by atoms with Crippen LogP contribution in [0.4, 0.5) is 0 Å². The zero-order valence-corrected chi connectivity index (χ0v) is 10.7. The van der Waals surface area contributed by atoms with Crippen LogP contribution in [-0.2, 0) is 19.1 Å². The van der Waals surface area contributed by atoms with Crippen LogP contribution >= 0.6 is 0 Å². The molecule has 0 fully saturated rings. The number of benzene rings is 1. The van der Waals surface area contributed by atoms with E-state index in [1.807, 2.05) is 18.2 Å². The zero-order valence-electron chi connectivity index (χ0n) is 10.7. The molecule has 100 valence electrons. The Labute approximate surface area is 110 Å². The predicted octanol–water partition coefficient (Wildman–Crippen LogP) is 1.43. The molecule has 1 aromatic carbocycles. The van der Waals surface area contributed by atoms with Gasteiger partial charge in [-0.3, -0.25) is 4.79 Å². The minimum atomic E-state index is -0.567. The van der Waals surface area contributed by atoms with Crippen molar-refractivity contribution >= 4 is 11.9 Å². The molecule has 0 aromatic heterocycles. The van der Waals surface area contributed by atoms with Gasteiger partial charge in [0.25, 0.3) is 0 Å². The van der Waals surface area contributed by atoms with Crippen molar-refractivity contribution in [2.75, 3.05) is 14.2 Å². The highest BCUT2D eigenvalue weighted by Crippen LogP contribution is 2.39. The number of para-hydroxylation sites is 1. The molecule has 19 heavy (non-hydrogen) atoms. The van der Waals surface area contributed by atoms with Crippen molar-refractivity contribution in [2.24, 2.45) is 0 Å². The van der Waals surface area contributed by atoms with E-state index in [-0.39, 0.29) is 0 Å². The second-order valence-electron chi connectivity index (χ2n) is 4.00. The highest BCUT2D eigenvalue weighted by Gasteiger charge is 2.38. The monoisotopic (exact) mass is 262 g/mol. The van der Waals surface area contributed by atoms with Crippen LogP contribution in [0.15, 0.2) is 36.4 Å². The molecular formula is C14H14O5. The van der Waals surface area contributed by atoms with E-state index in [1.165, 1.54) is 26.4 Å². The molecule has 0 radical (unpaired) electrons. The molecular weight excluding hydrogens is 248 g/mol. The summed E-state index contributed by atoms with van der Waals surface area (Å²) in [6.07, 6.45) is 2.18. The largest absolute Gasteiger partial charge is 0.485 e. The number of hydrogen-bond acceptors (Lipinski definition) is 5. The third-order valence-electron chi connectivity index (χ3n) is 2.92. The van der Waals surface area contributed by atoms with Crippen molar-refractivity contribution in [3.8, 4) is 5.75 Å². The fourth-order valence-corrected chi connectivity index (χ4v) is 2.02. The second-order valence-corrected chi connectivity index (χ2v) is 4.00. The summed E-state index contributed by atoms with van der Waals surface area (Å²) in [6.45, 7) is 0. The van der Waals surface area contributed by atoms with E-state index in [2.05, 4.69) is 4.74 Å². The number of esters is 2. The van der Waals surface area contributed by atoms with E-state index >= 15 is 0 Å². The fraction of sp³-hybridized carbons (Fsp3) is 0.286. The van der Waals surface area contributed by atoms with Crippen molar-refractivity contribution in [2.45, 2.75) is 12.0 Å². The summed E-state index contributed by atoms with van der Waals surface area (Å²) in [7, 11) is 2.61. The minimum absolute atomic E-state index is 0.399. The molecule has 0 bridgehead atoms. The molecule has 2 atom stereocenters. The summed E-state index contributed by atoms with van der Waals surface area (Å²) in [5.74, 6) is -0.841. The van der Waals surface area contributed by atoms with E-state index in [1.54, 1.807) is 6.07 Å². The quantitative estimate of drug-likeness (QED) is 0.609. The predicted molar refractivity (Wildman–Crippen MR) is 66.8 cm³/mol. The van der Waals surface area contributed by atoms with Gasteiger partial charge in [0.05, 0.1) is 14.2 Å². The average molecular weight is 262 g/mol. The van der Waals surface area contributed by atoms with E-state index in [4.69, 9.17) is 9.47 Å². The zero-order chi connectivity index (χ0) is 13.8. The summed E-state index contributed by atoms with van der Waals surface area (Å²) >= 11 is 0. The lowest BCUT2D eigenvalue weighted by molar-refractivity contribution is -0.143. The lowest BCUT2D eigenvalue weighted by Gasteiger charge is -2.13. The van der Waals surface area contributed by atoms with Crippen molar-refractivity contribution in [1.29, 1.82) is 0 Å². The fourth-order valence-electron chi connectivity index (χ4n) is 2.02. The average Bonchev–Trinajstić information content (AvgIpc) is 2.82. The highest BCUT2D eigenvalue weighted by atomic mass is 16.5. The van der Waals surface area contributed by atoms with Crippen LogP contribution in [-0.4, -0.2) is 32.3 Å². The van der Waals surface area contributed by atoms with Crippen molar-refractivity contribution in [1.82, 2.24) is 0 Å². The Bertz CT molecular complexity index is 520. The van der Waals surface area contributed by atoms with Gasteiger partial charge in [-0.2, -0.15) is 0 Å². The van der Waals surface area contributed by atoms with Crippen LogP contribution in [0.1, 0.15) is 11.5 Å². The maximum Gasteiger partial charge on any atom is 0.330 e. The summed E-state index contributed by atoms with van der Waals surface area (Å²) in [6, 6.07) is 7.23. The second kappa shape index (κ2) is 5.56. The molecule has 0 saturated heterocycles. The van der Waals surface area contributed by atoms with Crippen molar-refractivity contribution in [3.63, 3.8) is 0 Å². The number of ether oxygens (including phenoxy) is 3. The maximum absolute atomic E-state index is 11.8. The normalized spacial score (nSPS) is 20.7. The molecule has 5 nitrogen and oxygen atoms in total. The van der Waals surface area contributed by atoms with E-state index in [9.17, 15) is 9.59 Å². The molecule has 1 heterocycles. The van der Waals surface area contributed by atoms with Gasteiger partial charge in [0.2, 0.25) is 0 Å². The lowest BCUT2D eigenvalue weighted by atomic mass is 9.95. The molecule has 1 aliphatic heterocycles. The first kappa shape index (κ1) is 13.1. The first-order valence-corrected chi connectivity index (χ1v) is 5.77. The number of fused-ring (bicyclic) bond motifs is 1. The molecule has 0 spiro atoms. The Morgan fingerprint density at radius 1 is 1.21 bits per heavy atom.